The maximum atomic E-state index is 11.9. The van der Waals surface area contributed by atoms with E-state index in [1.54, 1.807) is 15.8 Å². The molecular formula is C13H20N4O3. The summed E-state index contributed by atoms with van der Waals surface area (Å²) >= 11 is 0. The fraction of sp³-hybridized carbons (Fsp3) is 0.692. The minimum absolute atomic E-state index is 0.271. The third kappa shape index (κ3) is 3.79. The van der Waals surface area contributed by atoms with Crippen LogP contribution < -0.4 is 0 Å². The van der Waals surface area contributed by atoms with Crippen molar-refractivity contribution in [2.24, 2.45) is 5.92 Å². The highest BCUT2D eigenvalue weighted by molar-refractivity contribution is 5.70. The molecule has 20 heavy (non-hydrogen) atoms. The maximum Gasteiger partial charge on any atom is 0.410 e. The smallest absolute Gasteiger partial charge is 0.410 e. The Kier molecular flexibility index (Phi) is 4.06. The summed E-state index contributed by atoms with van der Waals surface area (Å²) in [7, 11) is 0. The summed E-state index contributed by atoms with van der Waals surface area (Å²) in [5.74, 6) is 0.309. The molecule has 1 atom stereocenters. The largest absolute Gasteiger partial charge is 0.444 e. The Morgan fingerprint density at radius 1 is 1.55 bits per heavy atom. The first-order chi connectivity index (χ1) is 9.37. The van der Waals surface area contributed by atoms with E-state index in [0.717, 1.165) is 6.42 Å². The molecule has 0 aliphatic carbocycles. The first-order valence-electron chi connectivity index (χ1n) is 6.70. The maximum absolute atomic E-state index is 11.9. The fourth-order valence-electron chi connectivity index (χ4n) is 2.20. The molecular weight excluding hydrogens is 260 g/mol. The van der Waals surface area contributed by atoms with Crippen molar-refractivity contribution in [1.82, 2.24) is 19.9 Å². The molecule has 1 amide bonds. The summed E-state index contributed by atoms with van der Waals surface area (Å²) < 4.78 is 6.99. The molecule has 0 saturated carbocycles. The lowest BCUT2D eigenvalue weighted by molar-refractivity contribution is 0.0286. The third-order valence-corrected chi connectivity index (χ3v) is 3.06. The molecule has 1 aliphatic heterocycles. The van der Waals surface area contributed by atoms with Gasteiger partial charge in [0, 0.05) is 19.6 Å². The van der Waals surface area contributed by atoms with E-state index in [2.05, 4.69) is 10.3 Å². The highest BCUT2D eigenvalue weighted by Crippen LogP contribution is 2.20. The molecule has 1 saturated heterocycles. The lowest BCUT2D eigenvalue weighted by Crippen LogP contribution is -2.35. The lowest BCUT2D eigenvalue weighted by atomic mass is 10.1. The van der Waals surface area contributed by atoms with Crippen molar-refractivity contribution in [2.75, 3.05) is 13.1 Å². The van der Waals surface area contributed by atoms with Gasteiger partial charge in [-0.25, -0.2) is 4.79 Å². The standard InChI is InChI=1S/C13H20N4O3/c1-13(2,3)20-12(19)16-5-4-10(6-16)7-17-8-11(9-18)14-15-17/h8-10H,4-7H2,1-3H3. The van der Waals surface area contributed by atoms with Gasteiger partial charge in [-0.2, -0.15) is 0 Å². The highest BCUT2D eigenvalue weighted by Gasteiger charge is 2.30. The van der Waals surface area contributed by atoms with Gasteiger partial charge in [-0.05, 0) is 33.1 Å². The fourth-order valence-corrected chi connectivity index (χ4v) is 2.20. The van der Waals surface area contributed by atoms with Crippen LogP contribution in [0.15, 0.2) is 6.20 Å². The molecule has 110 valence electrons. The Morgan fingerprint density at radius 2 is 2.30 bits per heavy atom. The van der Waals surface area contributed by atoms with Gasteiger partial charge in [0.15, 0.2) is 6.29 Å². The molecule has 1 aromatic heterocycles. The highest BCUT2D eigenvalue weighted by atomic mass is 16.6. The van der Waals surface area contributed by atoms with E-state index in [-0.39, 0.29) is 6.09 Å². The van der Waals surface area contributed by atoms with Crippen LogP contribution in [-0.4, -0.2) is 51.0 Å². The van der Waals surface area contributed by atoms with E-state index in [9.17, 15) is 9.59 Å². The van der Waals surface area contributed by atoms with Crippen molar-refractivity contribution in [3.05, 3.63) is 11.9 Å². The van der Waals surface area contributed by atoms with E-state index in [1.807, 2.05) is 20.8 Å². The number of aldehydes is 1. The summed E-state index contributed by atoms with van der Waals surface area (Å²) in [5.41, 5.74) is -0.146. The summed E-state index contributed by atoms with van der Waals surface area (Å²) in [5, 5.41) is 7.60. The SMILES string of the molecule is CC(C)(C)OC(=O)N1CCC(Cn2cc(C=O)nn2)C1. The lowest BCUT2D eigenvalue weighted by Gasteiger charge is -2.24. The van der Waals surface area contributed by atoms with Gasteiger partial charge in [0.25, 0.3) is 0 Å². The molecule has 0 radical (unpaired) electrons. The average Bonchev–Trinajstić information content (AvgIpc) is 2.96. The Hall–Kier alpha value is -1.92. The number of carbonyl (C=O) groups excluding carboxylic acids is 2. The second-order valence-corrected chi connectivity index (χ2v) is 6.06. The first-order valence-corrected chi connectivity index (χ1v) is 6.70. The van der Waals surface area contributed by atoms with Crippen molar-refractivity contribution in [3.8, 4) is 0 Å². The van der Waals surface area contributed by atoms with Crippen LogP contribution in [0.25, 0.3) is 0 Å². The van der Waals surface area contributed by atoms with E-state index in [0.29, 0.717) is 37.5 Å². The monoisotopic (exact) mass is 280 g/mol. The van der Waals surface area contributed by atoms with Gasteiger partial charge in [-0.3, -0.25) is 9.48 Å². The molecule has 1 aliphatic rings. The summed E-state index contributed by atoms with van der Waals surface area (Å²) in [6.07, 6.45) is 2.91. The Morgan fingerprint density at radius 3 is 2.90 bits per heavy atom. The number of aromatic nitrogens is 3. The number of amides is 1. The Labute approximate surface area is 117 Å². The van der Waals surface area contributed by atoms with Crippen LogP contribution in [0.3, 0.4) is 0 Å². The second-order valence-electron chi connectivity index (χ2n) is 6.06. The predicted octanol–water partition coefficient (Wildman–Crippen LogP) is 1.35. The number of rotatable bonds is 3. The van der Waals surface area contributed by atoms with Gasteiger partial charge in [-0.1, -0.05) is 5.21 Å². The van der Waals surface area contributed by atoms with Crippen LogP contribution in [0, 0.1) is 5.92 Å². The second kappa shape index (κ2) is 5.60. The molecule has 1 unspecified atom stereocenters. The van der Waals surface area contributed by atoms with E-state index in [1.165, 1.54) is 0 Å². The van der Waals surface area contributed by atoms with Gasteiger partial charge in [-0.15, -0.1) is 5.10 Å². The normalized spacial score (nSPS) is 19.1. The number of ether oxygens (including phenoxy) is 1. The van der Waals surface area contributed by atoms with Crippen LogP contribution in [0.4, 0.5) is 4.79 Å². The summed E-state index contributed by atoms with van der Waals surface area (Å²) in [4.78, 5) is 24.2. The minimum atomic E-state index is -0.472. The summed E-state index contributed by atoms with van der Waals surface area (Å²) in [6, 6.07) is 0. The molecule has 0 N–H and O–H groups in total. The van der Waals surface area contributed by atoms with E-state index < -0.39 is 5.60 Å². The number of nitrogens with zero attached hydrogens (tertiary/aromatic N) is 4. The molecule has 1 aromatic rings. The number of likely N-dealkylation sites (tertiary alicyclic amines) is 1. The first kappa shape index (κ1) is 14.5. The molecule has 1 fully saturated rings. The van der Waals surface area contributed by atoms with Crippen LogP contribution in [0.2, 0.25) is 0 Å². The number of hydrogen-bond acceptors (Lipinski definition) is 5. The molecule has 0 aromatic carbocycles. The number of carbonyl (C=O) groups is 2. The van der Waals surface area contributed by atoms with Gasteiger partial charge < -0.3 is 9.64 Å². The van der Waals surface area contributed by atoms with Crippen molar-refractivity contribution in [3.63, 3.8) is 0 Å². The predicted molar refractivity (Wildman–Crippen MR) is 71.3 cm³/mol. The van der Waals surface area contributed by atoms with E-state index >= 15 is 0 Å². The Bertz CT molecular complexity index is 492. The number of hydrogen-bond donors (Lipinski definition) is 0. The topological polar surface area (TPSA) is 77.3 Å². The minimum Gasteiger partial charge on any atom is -0.444 e. The average molecular weight is 280 g/mol. The van der Waals surface area contributed by atoms with Gasteiger partial charge >= 0.3 is 6.09 Å². The van der Waals surface area contributed by atoms with Gasteiger partial charge in [0.2, 0.25) is 0 Å². The summed E-state index contributed by atoms with van der Waals surface area (Å²) in [6.45, 7) is 7.55. The van der Waals surface area contributed by atoms with E-state index in [4.69, 9.17) is 4.74 Å². The van der Waals surface area contributed by atoms with Crippen LogP contribution >= 0.6 is 0 Å². The van der Waals surface area contributed by atoms with Crippen molar-refractivity contribution in [2.45, 2.75) is 39.3 Å². The molecule has 0 spiro atoms. The molecule has 2 rings (SSSR count). The zero-order valence-electron chi connectivity index (χ0n) is 12.1. The van der Waals surface area contributed by atoms with Crippen molar-refractivity contribution >= 4 is 12.4 Å². The Balaban J connectivity index is 1.86. The molecule has 2 heterocycles. The van der Waals surface area contributed by atoms with Crippen LogP contribution in [0.5, 0.6) is 0 Å². The molecule has 7 nitrogen and oxygen atoms in total. The third-order valence-electron chi connectivity index (χ3n) is 3.06. The van der Waals surface area contributed by atoms with Gasteiger partial charge in [0.1, 0.15) is 11.3 Å². The molecule has 0 bridgehead atoms. The zero-order valence-corrected chi connectivity index (χ0v) is 12.1. The van der Waals surface area contributed by atoms with Crippen LogP contribution in [0.1, 0.15) is 37.7 Å². The van der Waals surface area contributed by atoms with Crippen molar-refractivity contribution in [1.29, 1.82) is 0 Å². The zero-order chi connectivity index (χ0) is 14.8. The van der Waals surface area contributed by atoms with Gasteiger partial charge in [0.05, 0.1) is 6.20 Å². The van der Waals surface area contributed by atoms with Crippen molar-refractivity contribution < 1.29 is 14.3 Å². The molecule has 7 heteroatoms. The quantitative estimate of drug-likeness (QED) is 0.781. The van der Waals surface area contributed by atoms with Crippen LogP contribution in [-0.2, 0) is 11.3 Å².